The lowest BCUT2D eigenvalue weighted by Crippen LogP contribution is -2.23. The van der Waals surface area contributed by atoms with Crippen LogP contribution in [0.5, 0.6) is 5.75 Å². The summed E-state index contributed by atoms with van der Waals surface area (Å²) in [6.07, 6.45) is 2.34. The Morgan fingerprint density at radius 1 is 1.38 bits per heavy atom. The molecule has 1 amide bonds. The fourth-order valence-corrected chi connectivity index (χ4v) is 1.70. The number of nitrogens with zero attached hydrogens (tertiary/aromatic N) is 2. The van der Waals surface area contributed by atoms with Crippen LogP contribution in [0.25, 0.3) is 11.5 Å². The zero-order valence-corrected chi connectivity index (χ0v) is 11.8. The zero-order chi connectivity index (χ0) is 15.1. The van der Waals surface area contributed by atoms with E-state index < -0.39 is 0 Å². The number of nitrogens with one attached hydrogen (secondary N) is 1. The summed E-state index contributed by atoms with van der Waals surface area (Å²) in [5, 5.41) is 10.6. The van der Waals surface area contributed by atoms with Gasteiger partial charge in [0.25, 0.3) is 0 Å². The highest BCUT2D eigenvalue weighted by Crippen LogP contribution is 2.21. The van der Waals surface area contributed by atoms with Gasteiger partial charge in [-0.25, -0.2) is 0 Å². The second-order valence-corrected chi connectivity index (χ2v) is 4.32. The fourth-order valence-electron chi connectivity index (χ4n) is 1.70. The summed E-state index contributed by atoms with van der Waals surface area (Å²) in [4.78, 5) is 11.5. The van der Waals surface area contributed by atoms with E-state index >= 15 is 0 Å². The Hall–Kier alpha value is -2.63. The molecule has 2 aromatic rings. The van der Waals surface area contributed by atoms with E-state index in [0.717, 1.165) is 11.3 Å². The molecule has 0 unspecified atom stereocenters. The third-order valence-electron chi connectivity index (χ3n) is 2.81. The van der Waals surface area contributed by atoms with Gasteiger partial charge in [-0.3, -0.25) is 4.79 Å². The maximum absolute atomic E-state index is 11.5. The fraction of sp³-hybridized carbons (Fsp3) is 0.267. The molecule has 2 rings (SSSR count). The summed E-state index contributed by atoms with van der Waals surface area (Å²) in [6, 6.07) is 7.32. The van der Waals surface area contributed by atoms with Crippen molar-refractivity contribution < 1.29 is 13.9 Å². The van der Waals surface area contributed by atoms with Crippen LogP contribution in [0.3, 0.4) is 0 Å². The van der Waals surface area contributed by atoms with Crippen LogP contribution in [0, 0.1) is 0 Å². The molecule has 0 saturated heterocycles. The standard InChI is InChI=1S/C15H17N3O3/c1-3-10-16-13(19)8-9-14-17-18-15(21-14)11-4-6-12(20-2)7-5-11/h3-7H,1,8-10H2,2H3,(H,16,19). The first-order valence-corrected chi connectivity index (χ1v) is 6.57. The van der Waals surface area contributed by atoms with Gasteiger partial charge in [-0.1, -0.05) is 6.08 Å². The molecule has 0 radical (unpaired) electrons. The summed E-state index contributed by atoms with van der Waals surface area (Å²) < 4.78 is 10.6. The van der Waals surface area contributed by atoms with Crippen LogP contribution in [0.1, 0.15) is 12.3 Å². The smallest absolute Gasteiger partial charge is 0.247 e. The van der Waals surface area contributed by atoms with Gasteiger partial charge >= 0.3 is 0 Å². The van der Waals surface area contributed by atoms with E-state index in [9.17, 15) is 4.79 Å². The molecule has 0 aliphatic rings. The molecule has 1 heterocycles. The van der Waals surface area contributed by atoms with Crippen LogP contribution < -0.4 is 10.1 Å². The van der Waals surface area contributed by atoms with Crippen molar-refractivity contribution in [2.24, 2.45) is 0 Å². The lowest BCUT2D eigenvalue weighted by molar-refractivity contribution is -0.120. The monoisotopic (exact) mass is 287 g/mol. The Balaban J connectivity index is 1.94. The molecule has 0 spiro atoms. The minimum atomic E-state index is -0.0703. The van der Waals surface area contributed by atoms with Crippen molar-refractivity contribution in [2.45, 2.75) is 12.8 Å². The maximum atomic E-state index is 11.5. The topological polar surface area (TPSA) is 77.2 Å². The number of amides is 1. The van der Waals surface area contributed by atoms with E-state index in [1.165, 1.54) is 0 Å². The Labute approximate surface area is 122 Å². The number of hydrogen-bond acceptors (Lipinski definition) is 5. The number of hydrogen-bond donors (Lipinski definition) is 1. The summed E-state index contributed by atoms with van der Waals surface area (Å²) in [5.41, 5.74) is 0.811. The number of carbonyl (C=O) groups excluding carboxylic acids is 1. The number of methoxy groups -OCH3 is 1. The molecule has 0 saturated carbocycles. The molecular weight excluding hydrogens is 270 g/mol. The van der Waals surface area contributed by atoms with E-state index in [0.29, 0.717) is 31.2 Å². The Bertz CT molecular complexity index is 605. The number of aromatic nitrogens is 2. The highest BCUT2D eigenvalue weighted by molar-refractivity contribution is 5.76. The van der Waals surface area contributed by atoms with Gasteiger partial charge in [-0.05, 0) is 24.3 Å². The number of benzene rings is 1. The first kappa shape index (κ1) is 14.8. The quantitative estimate of drug-likeness (QED) is 0.788. The maximum Gasteiger partial charge on any atom is 0.247 e. The van der Waals surface area contributed by atoms with Gasteiger partial charge in [0.05, 0.1) is 7.11 Å². The summed E-state index contributed by atoms with van der Waals surface area (Å²) in [7, 11) is 1.61. The minimum Gasteiger partial charge on any atom is -0.497 e. The number of ether oxygens (including phenoxy) is 1. The van der Waals surface area contributed by atoms with Crippen molar-refractivity contribution in [1.82, 2.24) is 15.5 Å². The van der Waals surface area contributed by atoms with Crippen molar-refractivity contribution in [3.05, 3.63) is 42.8 Å². The highest BCUT2D eigenvalue weighted by Gasteiger charge is 2.10. The molecule has 0 fully saturated rings. The third-order valence-corrected chi connectivity index (χ3v) is 2.81. The molecule has 1 aromatic carbocycles. The average molecular weight is 287 g/mol. The molecule has 1 aromatic heterocycles. The summed E-state index contributed by atoms with van der Waals surface area (Å²) >= 11 is 0. The van der Waals surface area contributed by atoms with Crippen LogP contribution in [0.15, 0.2) is 41.3 Å². The predicted octanol–water partition coefficient (Wildman–Crippen LogP) is 1.98. The lowest BCUT2D eigenvalue weighted by atomic mass is 10.2. The molecule has 1 N–H and O–H groups in total. The Morgan fingerprint density at radius 2 is 2.14 bits per heavy atom. The van der Waals surface area contributed by atoms with Crippen molar-refractivity contribution in [3.63, 3.8) is 0 Å². The van der Waals surface area contributed by atoms with Gasteiger partial charge in [0.1, 0.15) is 5.75 Å². The number of carbonyl (C=O) groups is 1. The normalized spacial score (nSPS) is 10.1. The first-order valence-electron chi connectivity index (χ1n) is 6.57. The molecular formula is C15H17N3O3. The minimum absolute atomic E-state index is 0.0703. The van der Waals surface area contributed by atoms with Crippen LogP contribution in [-0.2, 0) is 11.2 Å². The molecule has 21 heavy (non-hydrogen) atoms. The van der Waals surface area contributed by atoms with Gasteiger partial charge in [0.2, 0.25) is 17.7 Å². The molecule has 110 valence electrons. The highest BCUT2D eigenvalue weighted by atomic mass is 16.5. The largest absolute Gasteiger partial charge is 0.497 e. The van der Waals surface area contributed by atoms with Crippen LogP contribution >= 0.6 is 0 Å². The second-order valence-electron chi connectivity index (χ2n) is 4.32. The van der Waals surface area contributed by atoms with E-state index in [-0.39, 0.29) is 5.91 Å². The van der Waals surface area contributed by atoms with Crippen molar-refractivity contribution in [1.29, 1.82) is 0 Å². The molecule has 6 heteroatoms. The van der Waals surface area contributed by atoms with E-state index in [4.69, 9.17) is 9.15 Å². The average Bonchev–Trinajstić information content (AvgIpc) is 3.00. The molecule has 6 nitrogen and oxygen atoms in total. The SMILES string of the molecule is C=CCNC(=O)CCc1nnc(-c2ccc(OC)cc2)o1. The molecule has 0 aliphatic heterocycles. The number of aryl methyl sites for hydroxylation is 1. The van der Waals surface area contributed by atoms with Crippen LogP contribution in [-0.4, -0.2) is 29.8 Å². The van der Waals surface area contributed by atoms with Crippen LogP contribution in [0.2, 0.25) is 0 Å². The zero-order valence-electron chi connectivity index (χ0n) is 11.8. The van der Waals surface area contributed by atoms with E-state index in [2.05, 4.69) is 22.1 Å². The lowest BCUT2D eigenvalue weighted by Gasteiger charge is -2.00. The molecule has 0 atom stereocenters. The molecule has 0 bridgehead atoms. The van der Waals surface area contributed by atoms with Gasteiger partial charge in [0, 0.05) is 24.9 Å². The first-order chi connectivity index (χ1) is 10.2. The van der Waals surface area contributed by atoms with Gasteiger partial charge in [-0.15, -0.1) is 16.8 Å². The summed E-state index contributed by atoms with van der Waals surface area (Å²) in [6.45, 7) is 3.99. The van der Waals surface area contributed by atoms with Gasteiger partial charge < -0.3 is 14.5 Å². The van der Waals surface area contributed by atoms with E-state index in [1.807, 2.05) is 24.3 Å². The second kappa shape index (κ2) is 7.23. The van der Waals surface area contributed by atoms with E-state index in [1.54, 1.807) is 13.2 Å². The summed E-state index contributed by atoms with van der Waals surface area (Å²) in [5.74, 6) is 1.56. The molecule has 0 aliphatic carbocycles. The van der Waals surface area contributed by atoms with Crippen molar-refractivity contribution in [2.75, 3.05) is 13.7 Å². The Morgan fingerprint density at radius 3 is 2.81 bits per heavy atom. The Kier molecular flexibility index (Phi) is 5.09. The third kappa shape index (κ3) is 4.17. The number of rotatable bonds is 7. The van der Waals surface area contributed by atoms with Crippen molar-refractivity contribution >= 4 is 5.91 Å². The van der Waals surface area contributed by atoms with Crippen LogP contribution in [0.4, 0.5) is 0 Å². The van der Waals surface area contributed by atoms with Crippen molar-refractivity contribution in [3.8, 4) is 17.2 Å². The van der Waals surface area contributed by atoms with Gasteiger partial charge in [0.15, 0.2) is 0 Å². The predicted molar refractivity (Wildman–Crippen MR) is 77.8 cm³/mol. The van der Waals surface area contributed by atoms with Gasteiger partial charge in [-0.2, -0.15) is 0 Å².